The minimum absolute atomic E-state index is 0.0925. The van der Waals surface area contributed by atoms with Crippen molar-refractivity contribution >= 4 is 29.7 Å². The Kier molecular flexibility index (Phi) is 7.36. The molecule has 1 atom stereocenters. The number of hydrogen-bond donors (Lipinski definition) is 1. The Morgan fingerprint density at radius 3 is 2.36 bits per heavy atom. The van der Waals surface area contributed by atoms with Crippen LogP contribution in [0.5, 0.6) is 0 Å². The number of fused-ring (bicyclic) bond motifs is 1. The Hall–Kier alpha value is -3.66. The van der Waals surface area contributed by atoms with E-state index in [2.05, 4.69) is 35.7 Å². The fourth-order valence-corrected chi connectivity index (χ4v) is 4.28. The predicted molar refractivity (Wildman–Crippen MR) is 135 cm³/mol. The molecule has 1 aliphatic rings. The van der Waals surface area contributed by atoms with Gasteiger partial charge in [0, 0.05) is 24.2 Å². The van der Waals surface area contributed by atoms with Gasteiger partial charge in [-0.2, -0.15) is 0 Å². The van der Waals surface area contributed by atoms with Crippen LogP contribution in [0.1, 0.15) is 65.7 Å². The molecule has 3 aromatic rings. The molecule has 1 N–H and O–H groups in total. The van der Waals surface area contributed by atoms with E-state index in [1.807, 2.05) is 72.5 Å². The number of benzene rings is 3. The largest absolute Gasteiger partial charge is 0.345 e. The van der Waals surface area contributed by atoms with Crippen LogP contribution >= 0.6 is 0 Å². The van der Waals surface area contributed by atoms with E-state index < -0.39 is 0 Å². The van der Waals surface area contributed by atoms with Gasteiger partial charge in [0.15, 0.2) is 0 Å². The molecular formula is C29H30N2O2. The van der Waals surface area contributed by atoms with E-state index in [4.69, 9.17) is 0 Å². The van der Waals surface area contributed by atoms with Crippen LogP contribution in [-0.4, -0.2) is 18.4 Å². The van der Waals surface area contributed by atoms with Crippen molar-refractivity contribution in [1.82, 2.24) is 5.32 Å². The van der Waals surface area contributed by atoms with E-state index in [-0.39, 0.29) is 17.9 Å². The van der Waals surface area contributed by atoms with E-state index in [1.165, 1.54) is 0 Å². The fourth-order valence-electron chi connectivity index (χ4n) is 4.28. The van der Waals surface area contributed by atoms with Gasteiger partial charge in [0.2, 0.25) is 5.91 Å². The molecule has 0 saturated heterocycles. The normalized spacial score (nSPS) is 15.7. The first-order chi connectivity index (χ1) is 16.2. The zero-order valence-electron chi connectivity index (χ0n) is 19.0. The SMILES string of the molecule is CCCC(=O)N1CCCC(NC(=O)c2ccccc2)c2cc(/C=C/c3ccccc3)ccc21. The molecule has 0 bridgehead atoms. The summed E-state index contributed by atoms with van der Waals surface area (Å²) in [4.78, 5) is 27.7. The number of amides is 2. The lowest BCUT2D eigenvalue weighted by molar-refractivity contribution is -0.118. The standard InChI is InChI=1S/C29H30N2O2/c1-2-10-28(32)31-20-9-15-26(30-29(33)24-13-7-4-8-14-24)25-21-23(18-19-27(25)31)17-16-22-11-5-3-6-12-22/h3-8,11-14,16-19,21,26H,2,9-10,15,20H2,1H3,(H,30,33)/b17-16+. The zero-order chi connectivity index (χ0) is 23.0. The highest BCUT2D eigenvalue weighted by Crippen LogP contribution is 2.35. The number of carbonyl (C=O) groups is 2. The summed E-state index contributed by atoms with van der Waals surface area (Å²) in [6.07, 6.45) is 7.12. The minimum Gasteiger partial charge on any atom is -0.345 e. The van der Waals surface area contributed by atoms with Gasteiger partial charge >= 0.3 is 0 Å². The van der Waals surface area contributed by atoms with Crippen LogP contribution in [0.2, 0.25) is 0 Å². The molecule has 0 radical (unpaired) electrons. The molecule has 4 nitrogen and oxygen atoms in total. The first kappa shape index (κ1) is 22.5. The molecule has 33 heavy (non-hydrogen) atoms. The Bertz CT molecular complexity index is 1120. The second kappa shape index (κ2) is 10.8. The van der Waals surface area contributed by atoms with Gasteiger partial charge in [-0.15, -0.1) is 0 Å². The predicted octanol–water partition coefficient (Wildman–Crippen LogP) is 6.26. The monoisotopic (exact) mass is 438 g/mol. The van der Waals surface area contributed by atoms with Gasteiger partial charge in [0.1, 0.15) is 0 Å². The molecule has 4 heteroatoms. The smallest absolute Gasteiger partial charge is 0.251 e. The van der Waals surface area contributed by atoms with Gasteiger partial charge in [0.25, 0.3) is 5.91 Å². The summed E-state index contributed by atoms with van der Waals surface area (Å²) in [5.41, 5.74) is 4.71. The van der Waals surface area contributed by atoms with Crippen LogP contribution in [0.15, 0.2) is 78.9 Å². The summed E-state index contributed by atoms with van der Waals surface area (Å²) in [5.74, 6) is 0.0477. The lowest BCUT2D eigenvalue weighted by atomic mass is 9.98. The topological polar surface area (TPSA) is 49.4 Å². The average Bonchev–Trinajstić information content (AvgIpc) is 3.03. The molecule has 0 saturated carbocycles. The number of hydrogen-bond acceptors (Lipinski definition) is 2. The van der Waals surface area contributed by atoms with Crippen molar-refractivity contribution in [1.29, 1.82) is 0 Å². The first-order valence-corrected chi connectivity index (χ1v) is 11.7. The minimum atomic E-state index is -0.155. The second-order valence-corrected chi connectivity index (χ2v) is 8.39. The van der Waals surface area contributed by atoms with Crippen molar-refractivity contribution in [3.63, 3.8) is 0 Å². The van der Waals surface area contributed by atoms with Crippen LogP contribution in [0.25, 0.3) is 12.2 Å². The molecule has 0 aromatic heterocycles. The zero-order valence-corrected chi connectivity index (χ0v) is 19.0. The van der Waals surface area contributed by atoms with Gasteiger partial charge in [-0.05, 0) is 60.2 Å². The number of carbonyl (C=O) groups excluding carboxylic acids is 2. The lowest BCUT2D eigenvalue weighted by Gasteiger charge is -2.25. The molecule has 4 rings (SSSR count). The summed E-state index contributed by atoms with van der Waals surface area (Å²) in [6.45, 7) is 2.69. The molecular weight excluding hydrogens is 408 g/mol. The Morgan fingerprint density at radius 2 is 1.64 bits per heavy atom. The van der Waals surface area contributed by atoms with Gasteiger partial charge in [-0.25, -0.2) is 0 Å². The molecule has 1 aliphatic heterocycles. The van der Waals surface area contributed by atoms with Crippen LogP contribution in [0.3, 0.4) is 0 Å². The fraction of sp³-hybridized carbons (Fsp3) is 0.241. The molecule has 1 unspecified atom stereocenters. The average molecular weight is 439 g/mol. The molecule has 3 aromatic carbocycles. The molecule has 0 spiro atoms. The third kappa shape index (κ3) is 5.58. The van der Waals surface area contributed by atoms with Crippen molar-refractivity contribution in [2.24, 2.45) is 0 Å². The summed E-state index contributed by atoms with van der Waals surface area (Å²) in [5, 5.41) is 3.22. The highest BCUT2D eigenvalue weighted by molar-refractivity contribution is 5.96. The molecule has 0 aliphatic carbocycles. The summed E-state index contributed by atoms with van der Waals surface area (Å²) < 4.78 is 0. The van der Waals surface area contributed by atoms with Gasteiger partial charge in [-0.1, -0.05) is 73.7 Å². The van der Waals surface area contributed by atoms with Crippen LogP contribution in [0, 0.1) is 0 Å². The van der Waals surface area contributed by atoms with E-state index in [9.17, 15) is 9.59 Å². The highest BCUT2D eigenvalue weighted by Gasteiger charge is 2.27. The quantitative estimate of drug-likeness (QED) is 0.462. The van der Waals surface area contributed by atoms with Crippen LogP contribution in [-0.2, 0) is 4.79 Å². The van der Waals surface area contributed by atoms with Crippen molar-refractivity contribution in [2.75, 3.05) is 11.4 Å². The molecule has 0 fully saturated rings. The van der Waals surface area contributed by atoms with E-state index in [0.29, 0.717) is 18.5 Å². The maximum absolute atomic E-state index is 12.9. The maximum Gasteiger partial charge on any atom is 0.251 e. The summed E-state index contributed by atoms with van der Waals surface area (Å²) >= 11 is 0. The van der Waals surface area contributed by atoms with Crippen molar-refractivity contribution in [2.45, 2.75) is 38.6 Å². The van der Waals surface area contributed by atoms with Gasteiger partial charge < -0.3 is 10.2 Å². The van der Waals surface area contributed by atoms with E-state index in [1.54, 1.807) is 0 Å². The highest BCUT2D eigenvalue weighted by atomic mass is 16.2. The van der Waals surface area contributed by atoms with Crippen molar-refractivity contribution < 1.29 is 9.59 Å². The molecule has 2 amide bonds. The van der Waals surface area contributed by atoms with Crippen LogP contribution < -0.4 is 10.2 Å². The third-order valence-electron chi connectivity index (χ3n) is 5.97. The van der Waals surface area contributed by atoms with Gasteiger partial charge in [-0.3, -0.25) is 9.59 Å². The summed E-state index contributed by atoms with van der Waals surface area (Å²) in [6, 6.07) is 25.5. The summed E-state index contributed by atoms with van der Waals surface area (Å²) in [7, 11) is 0. The first-order valence-electron chi connectivity index (χ1n) is 11.7. The lowest BCUT2D eigenvalue weighted by Crippen LogP contribution is -2.32. The Morgan fingerprint density at radius 1 is 0.939 bits per heavy atom. The molecule has 168 valence electrons. The van der Waals surface area contributed by atoms with Crippen LogP contribution in [0.4, 0.5) is 5.69 Å². The Labute approximate surface area is 195 Å². The third-order valence-corrected chi connectivity index (χ3v) is 5.97. The molecule has 1 heterocycles. The Balaban J connectivity index is 1.68. The number of rotatable bonds is 6. The van der Waals surface area contributed by atoms with Crippen molar-refractivity contribution in [3.8, 4) is 0 Å². The van der Waals surface area contributed by atoms with E-state index >= 15 is 0 Å². The van der Waals surface area contributed by atoms with E-state index in [0.717, 1.165) is 41.6 Å². The second-order valence-electron chi connectivity index (χ2n) is 8.39. The number of nitrogens with one attached hydrogen (secondary N) is 1. The maximum atomic E-state index is 12.9. The van der Waals surface area contributed by atoms with Gasteiger partial charge in [0.05, 0.1) is 6.04 Å². The number of anilines is 1. The van der Waals surface area contributed by atoms with Crippen molar-refractivity contribution in [3.05, 3.63) is 101 Å². The number of nitrogens with zero attached hydrogens (tertiary/aromatic N) is 1.